The molecule has 0 atom stereocenters. The molecule has 0 saturated heterocycles. The minimum absolute atomic E-state index is 0. The third-order valence-electron chi connectivity index (χ3n) is 9.96. The van der Waals surface area contributed by atoms with Gasteiger partial charge in [0.2, 0.25) is 0 Å². The van der Waals surface area contributed by atoms with E-state index < -0.39 is 8.07 Å². The summed E-state index contributed by atoms with van der Waals surface area (Å²) in [6, 6.07) is 48.9. The van der Waals surface area contributed by atoms with E-state index in [2.05, 4.69) is 185 Å². The molecule has 0 saturated carbocycles. The topological polar surface area (TPSA) is 37.1 Å². The Morgan fingerprint density at radius 2 is 1.43 bits per heavy atom. The Balaban J connectivity index is 0.00000406. The number of anilines is 3. The predicted molar refractivity (Wildman–Crippen MR) is 212 cm³/mol. The summed E-state index contributed by atoms with van der Waals surface area (Å²) >= 11 is 0. The standard InChI is InChI=1S/C44H42N4OSi.Pt/c1-30(2)35-17-8-9-18-36(35)31-25-26-45-43(27-31)46-39-20-11-10-19-37(39)38-24-23-34(29-42(38)46)50(6,7)33-16-14-15-32(28-33)47-40-21-12-13-22-41(40)48(49-47)44(3,4)5;/h8-27,30H,1-7H3;/q-2;/p+1. The normalized spacial score (nSPS) is 13.3. The van der Waals surface area contributed by atoms with Crippen LogP contribution in [0.15, 0.2) is 121 Å². The quantitative estimate of drug-likeness (QED) is 0.0950. The fourth-order valence-corrected chi connectivity index (χ4v) is 9.41. The van der Waals surface area contributed by atoms with Crippen LogP contribution in [0.1, 0.15) is 46.1 Å². The minimum Gasteiger partial charge on any atom is -0.319 e. The zero-order valence-corrected chi connectivity index (χ0v) is 33.4. The summed E-state index contributed by atoms with van der Waals surface area (Å²) in [6.45, 7) is 15.9. The maximum Gasteiger partial charge on any atom is 0.145 e. The first-order valence-electron chi connectivity index (χ1n) is 17.5. The van der Waals surface area contributed by atoms with Crippen molar-refractivity contribution in [2.75, 3.05) is 10.1 Å². The molecule has 2 aromatic heterocycles. The Kier molecular flexibility index (Phi) is 9.08. The molecule has 1 N–H and O–H groups in total. The van der Waals surface area contributed by atoms with E-state index in [1.54, 1.807) is 0 Å². The number of pyridine rings is 1. The molecule has 0 aliphatic carbocycles. The van der Waals surface area contributed by atoms with Crippen molar-refractivity contribution >= 4 is 57.3 Å². The first-order valence-corrected chi connectivity index (χ1v) is 20.5. The number of nitrogens with zero attached hydrogens (tertiary/aromatic N) is 4. The van der Waals surface area contributed by atoms with E-state index in [1.807, 2.05) is 11.3 Å². The second-order valence-corrected chi connectivity index (χ2v) is 19.4. The summed E-state index contributed by atoms with van der Waals surface area (Å²) in [4.78, 5) is 10.0. The van der Waals surface area contributed by atoms with Crippen molar-refractivity contribution in [2.45, 2.75) is 59.2 Å². The zero-order valence-electron chi connectivity index (χ0n) is 30.2. The van der Waals surface area contributed by atoms with Gasteiger partial charge in [0, 0.05) is 38.5 Å². The number of hydroxylamine groups is 1. The maximum atomic E-state index is 5.08. The molecule has 0 unspecified atom stereocenters. The zero-order chi connectivity index (χ0) is 34.8. The van der Waals surface area contributed by atoms with E-state index in [0.29, 0.717) is 5.92 Å². The molecule has 260 valence electrons. The predicted octanol–water partition coefficient (Wildman–Crippen LogP) is 9.99. The molecule has 0 spiro atoms. The van der Waals surface area contributed by atoms with Crippen LogP contribution >= 0.6 is 0 Å². The molecular formula is C44H43N4OPtSi-. The number of fused-ring (bicyclic) bond motifs is 4. The SMILES string of the molecule is CC(C)c1ccccc1-c1ccnc(-n2c3[c-]c([Si](C)(C)c4[c-]c(N5[OH+]N(C(C)(C)C)c6ccccc65)ccc4)ccc3c3ccccc32)c1.[Pt]. The van der Waals surface area contributed by atoms with Crippen LogP contribution in [0.5, 0.6) is 0 Å². The smallest absolute Gasteiger partial charge is 0.145 e. The molecule has 5 aromatic carbocycles. The molecule has 7 heteroatoms. The van der Waals surface area contributed by atoms with Gasteiger partial charge in [-0.25, -0.2) is 4.98 Å². The average Bonchev–Trinajstić information content (AvgIpc) is 3.68. The van der Waals surface area contributed by atoms with E-state index in [1.165, 1.54) is 37.8 Å². The van der Waals surface area contributed by atoms with Crippen molar-refractivity contribution in [3.8, 4) is 16.9 Å². The van der Waals surface area contributed by atoms with Gasteiger partial charge >= 0.3 is 0 Å². The maximum absolute atomic E-state index is 5.08. The first kappa shape index (κ1) is 34.9. The summed E-state index contributed by atoms with van der Waals surface area (Å²) in [5.41, 5.74) is 8.88. The third-order valence-corrected chi connectivity index (χ3v) is 13.2. The van der Waals surface area contributed by atoms with Gasteiger partial charge in [-0.15, -0.1) is 21.6 Å². The largest absolute Gasteiger partial charge is 0.319 e. The molecular weight excluding hydrogens is 824 g/mol. The van der Waals surface area contributed by atoms with E-state index in [4.69, 9.17) is 9.92 Å². The van der Waals surface area contributed by atoms with Gasteiger partial charge in [0.25, 0.3) is 0 Å². The molecule has 5 nitrogen and oxygen atoms in total. The van der Waals surface area contributed by atoms with Crippen molar-refractivity contribution < 1.29 is 26.0 Å². The second-order valence-electron chi connectivity index (χ2n) is 15.1. The molecule has 1 aliphatic heterocycles. The molecule has 0 fully saturated rings. The van der Waals surface area contributed by atoms with Crippen LogP contribution in [0.25, 0.3) is 38.8 Å². The number of benzene rings is 5. The molecule has 0 amide bonds. The van der Waals surface area contributed by atoms with Crippen LogP contribution in [-0.4, -0.2) is 28.1 Å². The van der Waals surface area contributed by atoms with Crippen molar-refractivity contribution in [3.63, 3.8) is 0 Å². The van der Waals surface area contributed by atoms with E-state index in [0.717, 1.165) is 33.9 Å². The molecule has 0 bridgehead atoms. The van der Waals surface area contributed by atoms with Crippen LogP contribution in [-0.2, 0) is 21.1 Å². The number of rotatable bonds is 6. The van der Waals surface area contributed by atoms with Crippen molar-refractivity contribution in [2.24, 2.45) is 0 Å². The molecule has 1 aliphatic rings. The Morgan fingerprint density at radius 3 is 2.22 bits per heavy atom. The van der Waals surface area contributed by atoms with Gasteiger partial charge in [-0.2, -0.15) is 51.7 Å². The van der Waals surface area contributed by atoms with Crippen molar-refractivity contribution in [1.29, 1.82) is 0 Å². The Labute approximate surface area is 316 Å². The van der Waals surface area contributed by atoms with E-state index >= 15 is 0 Å². The summed E-state index contributed by atoms with van der Waals surface area (Å²) in [5, 5.41) is 8.95. The first-order chi connectivity index (χ1) is 24.0. The van der Waals surface area contributed by atoms with Crippen LogP contribution < -0.4 is 20.5 Å². The molecule has 8 rings (SSSR count). The summed E-state index contributed by atoms with van der Waals surface area (Å²) in [5.74, 6) is 1.31. The van der Waals surface area contributed by atoms with Gasteiger partial charge in [0.1, 0.15) is 22.7 Å². The van der Waals surface area contributed by atoms with Crippen LogP contribution in [0.4, 0.5) is 17.1 Å². The van der Waals surface area contributed by atoms with Gasteiger partial charge in [0.05, 0.1) is 8.07 Å². The monoisotopic (exact) mass is 866 g/mol. The molecule has 0 radical (unpaired) electrons. The van der Waals surface area contributed by atoms with Gasteiger partial charge in [0.15, 0.2) is 0 Å². The Hall–Kier alpha value is -4.48. The fourth-order valence-electron chi connectivity index (χ4n) is 7.24. The molecule has 51 heavy (non-hydrogen) atoms. The second kappa shape index (κ2) is 13.2. The van der Waals surface area contributed by atoms with Gasteiger partial charge < -0.3 is 4.57 Å². The summed E-state index contributed by atoms with van der Waals surface area (Å²) in [7, 11) is -2.28. The van der Waals surface area contributed by atoms with Gasteiger partial charge in [-0.05, 0) is 79.1 Å². The Bertz CT molecular complexity index is 2390. The number of aromatic nitrogens is 2. The number of hydrogen-bond donors (Lipinski definition) is 0. The summed E-state index contributed by atoms with van der Waals surface area (Å²) in [6.07, 6.45) is 1.94. The number of hydrogen-bond acceptors (Lipinski definition) is 3. The van der Waals surface area contributed by atoms with E-state index in [-0.39, 0.29) is 26.6 Å². The Morgan fingerprint density at radius 1 is 0.725 bits per heavy atom. The average molecular weight is 867 g/mol. The van der Waals surface area contributed by atoms with E-state index in [9.17, 15) is 0 Å². The third kappa shape index (κ3) is 6.03. The summed E-state index contributed by atoms with van der Waals surface area (Å²) < 4.78 is 2.29. The molecule has 7 aromatic rings. The van der Waals surface area contributed by atoms with Crippen LogP contribution in [0, 0.1) is 12.1 Å². The number of para-hydroxylation sites is 3. The van der Waals surface area contributed by atoms with Crippen LogP contribution in [0.2, 0.25) is 13.1 Å². The van der Waals surface area contributed by atoms with Gasteiger partial charge in [-0.3, -0.25) is 0 Å². The minimum atomic E-state index is -2.28. The molecule has 3 heterocycles. The van der Waals surface area contributed by atoms with Crippen LogP contribution in [0.3, 0.4) is 0 Å². The fraction of sp³-hybridized carbons (Fsp3) is 0.205. The van der Waals surface area contributed by atoms with Gasteiger partial charge in [-0.1, -0.05) is 87.1 Å². The van der Waals surface area contributed by atoms with Crippen molar-refractivity contribution in [3.05, 3.63) is 139 Å². The van der Waals surface area contributed by atoms with Crippen molar-refractivity contribution in [1.82, 2.24) is 9.55 Å².